The van der Waals surface area contributed by atoms with E-state index >= 15 is 0 Å². The van der Waals surface area contributed by atoms with Gasteiger partial charge in [0.2, 0.25) is 0 Å². The normalized spacial score (nSPS) is 8.93. The third kappa shape index (κ3) is 5.13. The Morgan fingerprint density at radius 1 is 1.21 bits per heavy atom. The summed E-state index contributed by atoms with van der Waals surface area (Å²) >= 11 is 5.80. The van der Waals surface area contributed by atoms with Gasteiger partial charge in [0.25, 0.3) is 0 Å². The summed E-state index contributed by atoms with van der Waals surface area (Å²) in [6.45, 7) is 6.35. The number of ether oxygens (including phenoxy) is 1. The van der Waals surface area contributed by atoms with Gasteiger partial charge in [0.1, 0.15) is 5.75 Å². The molecule has 0 aliphatic carbocycles. The fourth-order valence-corrected chi connectivity index (χ4v) is 1.08. The van der Waals surface area contributed by atoms with Crippen molar-refractivity contribution in [2.75, 3.05) is 7.11 Å². The Labute approximate surface area is 92.0 Å². The number of methoxy groups -OCH3 is 1. The molecule has 80 valence electrons. The van der Waals surface area contributed by atoms with Crippen molar-refractivity contribution in [2.24, 2.45) is 0 Å². The molecule has 0 aromatic heterocycles. The van der Waals surface area contributed by atoms with E-state index in [4.69, 9.17) is 16.3 Å². The van der Waals surface area contributed by atoms with Crippen molar-refractivity contribution < 1.29 is 4.74 Å². The second kappa shape index (κ2) is 7.69. The number of hydrogen-bond donors (Lipinski definition) is 0. The van der Waals surface area contributed by atoms with Crippen LogP contribution < -0.4 is 4.74 Å². The zero-order valence-electron chi connectivity index (χ0n) is 9.43. The predicted octanol–water partition coefficient (Wildman–Crippen LogP) is 4.46. The van der Waals surface area contributed by atoms with E-state index in [1.165, 1.54) is 12.8 Å². The SMILES string of the molecule is CCCC.COc1ccc(C)cc1Cl. The Hall–Kier alpha value is -0.690. The number of hydrogen-bond acceptors (Lipinski definition) is 1. The summed E-state index contributed by atoms with van der Waals surface area (Å²) in [5, 5.41) is 0.669. The van der Waals surface area contributed by atoms with Crippen molar-refractivity contribution in [3.8, 4) is 5.75 Å². The van der Waals surface area contributed by atoms with Gasteiger partial charge in [0, 0.05) is 0 Å². The Morgan fingerprint density at radius 3 is 2.14 bits per heavy atom. The molecule has 0 saturated heterocycles. The Morgan fingerprint density at radius 2 is 1.79 bits per heavy atom. The van der Waals surface area contributed by atoms with Crippen LogP contribution in [0.2, 0.25) is 5.02 Å². The quantitative estimate of drug-likeness (QED) is 0.706. The van der Waals surface area contributed by atoms with Gasteiger partial charge in [-0.05, 0) is 24.6 Å². The standard InChI is InChI=1S/C8H9ClO.C4H10/c1-6-3-4-8(10-2)7(9)5-6;1-3-4-2/h3-5H,1-2H3;3-4H2,1-2H3. The highest BCUT2D eigenvalue weighted by Gasteiger charge is 1.97. The van der Waals surface area contributed by atoms with Crippen molar-refractivity contribution in [1.82, 2.24) is 0 Å². The van der Waals surface area contributed by atoms with Gasteiger partial charge in [-0.2, -0.15) is 0 Å². The molecule has 0 unspecified atom stereocenters. The van der Waals surface area contributed by atoms with E-state index in [0.29, 0.717) is 5.02 Å². The maximum Gasteiger partial charge on any atom is 0.137 e. The molecule has 0 aliphatic rings. The fraction of sp³-hybridized carbons (Fsp3) is 0.500. The number of benzene rings is 1. The third-order valence-electron chi connectivity index (χ3n) is 1.81. The van der Waals surface area contributed by atoms with Crippen LogP contribution in [-0.2, 0) is 0 Å². The first-order chi connectivity index (χ1) is 6.65. The van der Waals surface area contributed by atoms with Crippen LogP contribution in [0, 0.1) is 6.92 Å². The van der Waals surface area contributed by atoms with Crippen molar-refractivity contribution in [3.05, 3.63) is 28.8 Å². The summed E-state index contributed by atoms with van der Waals surface area (Å²) in [4.78, 5) is 0. The fourth-order valence-electron chi connectivity index (χ4n) is 0.771. The minimum atomic E-state index is 0.669. The number of halogens is 1. The molecule has 0 saturated carbocycles. The molecule has 2 heteroatoms. The van der Waals surface area contributed by atoms with E-state index in [1.807, 2.05) is 25.1 Å². The van der Waals surface area contributed by atoms with Gasteiger partial charge in [0.05, 0.1) is 12.1 Å². The molecule has 1 aromatic rings. The lowest BCUT2D eigenvalue weighted by Crippen LogP contribution is -1.83. The second-order valence-corrected chi connectivity index (χ2v) is 3.55. The second-order valence-electron chi connectivity index (χ2n) is 3.14. The monoisotopic (exact) mass is 214 g/mol. The molecule has 14 heavy (non-hydrogen) atoms. The topological polar surface area (TPSA) is 9.23 Å². The van der Waals surface area contributed by atoms with Crippen LogP contribution in [0.5, 0.6) is 5.75 Å². The Balaban J connectivity index is 0.000000364. The van der Waals surface area contributed by atoms with Gasteiger partial charge in [0.15, 0.2) is 0 Å². The maximum absolute atomic E-state index is 5.80. The average Bonchev–Trinajstić information content (AvgIpc) is 2.18. The highest BCUT2D eigenvalue weighted by Crippen LogP contribution is 2.24. The zero-order valence-corrected chi connectivity index (χ0v) is 10.2. The van der Waals surface area contributed by atoms with Crippen molar-refractivity contribution in [2.45, 2.75) is 33.6 Å². The van der Waals surface area contributed by atoms with E-state index < -0.39 is 0 Å². The average molecular weight is 215 g/mol. The summed E-state index contributed by atoms with van der Waals surface area (Å²) in [6, 6.07) is 5.70. The van der Waals surface area contributed by atoms with Crippen LogP contribution in [-0.4, -0.2) is 7.11 Å². The van der Waals surface area contributed by atoms with Gasteiger partial charge in [-0.15, -0.1) is 0 Å². The van der Waals surface area contributed by atoms with Gasteiger partial charge in [-0.3, -0.25) is 0 Å². The highest BCUT2D eigenvalue weighted by molar-refractivity contribution is 6.32. The van der Waals surface area contributed by atoms with Crippen LogP contribution in [0.25, 0.3) is 0 Å². The molecule has 1 aromatic carbocycles. The molecule has 1 nitrogen and oxygen atoms in total. The molecule has 0 fully saturated rings. The lowest BCUT2D eigenvalue weighted by Gasteiger charge is -2.01. The van der Waals surface area contributed by atoms with Gasteiger partial charge < -0.3 is 4.74 Å². The van der Waals surface area contributed by atoms with Gasteiger partial charge >= 0.3 is 0 Å². The van der Waals surface area contributed by atoms with Crippen molar-refractivity contribution in [3.63, 3.8) is 0 Å². The van der Waals surface area contributed by atoms with E-state index in [-0.39, 0.29) is 0 Å². The first-order valence-electron chi connectivity index (χ1n) is 4.95. The Bertz CT molecular complexity index is 256. The van der Waals surface area contributed by atoms with Crippen LogP contribution in [0.3, 0.4) is 0 Å². The molecule has 0 aliphatic heterocycles. The van der Waals surface area contributed by atoms with Crippen LogP contribution >= 0.6 is 11.6 Å². The first kappa shape index (κ1) is 13.3. The lowest BCUT2D eigenvalue weighted by molar-refractivity contribution is 0.415. The summed E-state index contributed by atoms with van der Waals surface area (Å²) in [5.74, 6) is 0.729. The molecular weight excluding hydrogens is 196 g/mol. The molecule has 0 atom stereocenters. The van der Waals surface area contributed by atoms with Crippen LogP contribution in [0.15, 0.2) is 18.2 Å². The van der Waals surface area contributed by atoms with Gasteiger partial charge in [-0.1, -0.05) is 44.4 Å². The molecule has 0 heterocycles. The third-order valence-corrected chi connectivity index (χ3v) is 2.10. The number of rotatable bonds is 2. The maximum atomic E-state index is 5.80. The van der Waals surface area contributed by atoms with Crippen molar-refractivity contribution >= 4 is 11.6 Å². The highest BCUT2D eigenvalue weighted by atomic mass is 35.5. The zero-order chi connectivity index (χ0) is 11.0. The van der Waals surface area contributed by atoms with E-state index in [1.54, 1.807) is 7.11 Å². The lowest BCUT2D eigenvalue weighted by atomic mass is 10.2. The molecule has 0 bridgehead atoms. The Kier molecular flexibility index (Phi) is 7.31. The molecule has 0 amide bonds. The molecule has 0 N–H and O–H groups in total. The number of unbranched alkanes of at least 4 members (excludes halogenated alkanes) is 1. The minimum Gasteiger partial charge on any atom is -0.495 e. The predicted molar refractivity (Wildman–Crippen MR) is 63.3 cm³/mol. The van der Waals surface area contributed by atoms with E-state index in [9.17, 15) is 0 Å². The van der Waals surface area contributed by atoms with Crippen molar-refractivity contribution in [1.29, 1.82) is 0 Å². The smallest absolute Gasteiger partial charge is 0.137 e. The van der Waals surface area contributed by atoms with E-state index in [0.717, 1.165) is 11.3 Å². The molecular formula is C12H19ClO. The molecule has 1 rings (SSSR count). The van der Waals surface area contributed by atoms with Crippen LogP contribution in [0.1, 0.15) is 32.3 Å². The first-order valence-corrected chi connectivity index (χ1v) is 5.33. The summed E-state index contributed by atoms with van der Waals surface area (Å²) in [6.07, 6.45) is 2.64. The van der Waals surface area contributed by atoms with Crippen LogP contribution in [0.4, 0.5) is 0 Å². The number of aryl methyl sites for hydroxylation is 1. The summed E-state index contributed by atoms with van der Waals surface area (Å²) in [7, 11) is 1.61. The largest absolute Gasteiger partial charge is 0.495 e. The summed E-state index contributed by atoms with van der Waals surface area (Å²) in [5.41, 5.74) is 1.14. The van der Waals surface area contributed by atoms with E-state index in [2.05, 4.69) is 13.8 Å². The molecule has 0 radical (unpaired) electrons. The summed E-state index contributed by atoms with van der Waals surface area (Å²) < 4.78 is 4.97. The minimum absolute atomic E-state index is 0.669. The molecule has 0 spiro atoms. The van der Waals surface area contributed by atoms with Gasteiger partial charge in [-0.25, -0.2) is 0 Å².